The van der Waals surface area contributed by atoms with Crippen molar-refractivity contribution in [2.24, 2.45) is 0 Å². The zero-order valence-corrected chi connectivity index (χ0v) is 11.5. The predicted octanol–water partition coefficient (Wildman–Crippen LogP) is 4.21. The molecule has 19 heavy (non-hydrogen) atoms. The van der Waals surface area contributed by atoms with E-state index in [9.17, 15) is 4.79 Å². The molecule has 2 aromatic rings. The number of furan rings is 1. The third-order valence-corrected chi connectivity index (χ3v) is 3.15. The highest BCUT2D eigenvalue weighted by atomic mass is 35.5. The van der Waals surface area contributed by atoms with Crippen LogP contribution in [0.4, 0.5) is 5.69 Å². The molecule has 0 aliphatic rings. The number of benzene rings is 1. The van der Waals surface area contributed by atoms with Crippen LogP contribution in [0.5, 0.6) is 0 Å². The Morgan fingerprint density at radius 3 is 2.74 bits per heavy atom. The van der Waals surface area contributed by atoms with E-state index in [0.29, 0.717) is 33.8 Å². The molecule has 6 heteroatoms. The summed E-state index contributed by atoms with van der Waals surface area (Å²) in [5.41, 5.74) is 0.828. The number of hydrogen-bond acceptors (Lipinski definition) is 3. The average molecular weight is 300 g/mol. The molecule has 0 bridgehead atoms. The third-order valence-electron chi connectivity index (χ3n) is 2.58. The molecule has 1 heterocycles. The Kier molecular flexibility index (Phi) is 4.02. The van der Waals surface area contributed by atoms with Crippen LogP contribution in [-0.2, 0) is 6.54 Å². The Labute approximate surface area is 119 Å². The third kappa shape index (κ3) is 3.22. The van der Waals surface area contributed by atoms with Crippen LogP contribution in [0.15, 0.2) is 28.7 Å². The van der Waals surface area contributed by atoms with Gasteiger partial charge in [-0.1, -0.05) is 23.2 Å². The molecular weight excluding hydrogens is 289 g/mol. The lowest BCUT2D eigenvalue weighted by Gasteiger charge is -2.06. The number of carboxylic acid groups (broad SMARTS) is 1. The Bertz CT molecular complexity index is 622. The van der Waals surface area contributed by atoms with E-state index in [1.165, 1.54) is 6.07 Å². The Hall–Kier alpha value is -1.65. The van der Waals surface area contributed by atoms with E-state index in [1.54, 1.807) is 25.1 Å². The number of anilines is 1. The first-order valence-corrected chi connectivity index (χ1v) is 6.24. The maximum Gasteiger partial charge on any atom is 0.339 e. The normalized spacial score (nSPS) is 10.5. The van der Waals surface area contributed by atoms with Gasteiger partial charge in [0.2, 0.25) is 0 Å². The van der Waals surface area contributed by atoms with Gasteiger partial charge in [-0.15, -0.1) is 0 Å². The van der Waals surface area contributed by atoms with Gasteiger partial charge in [-0.25, -0.2) is 4.79 Å². The summed E-state index contributed by atoms with van der Waals surface area (Å²) in [6, 6.07) is 6.55. The number of aromatic carboxylic acids is 1. The molecule has 1 aromatic carbocycles. The predicted molar refractivity (Wildman–Crippen MR) is 74.2 cm³/mol. The van der Waals surface area contributed by atoms with Gasteiger partial charge >= 0.3 is 5.97 Å². The van der Waals surface area contributed by atoms with E-state index in [0.717, 1.165) is 0 Å². The second-order valence-corrected chi connectivity index (χ2v) is 4.81. The summed E-state index contributed by atoms with van der Waals surface area (Å²) in [4.78, 5) is 10.9. The highest BCUT2D eigenvalue weighted by Gasteiger charge is 2.13. The molecule has 0 unspecified atom stereocenters. The number of rotatable bonds is 4. The molecule has 0 amide bonds. The summed E-state index contributed by atoms with van der Waals surface area (Å²) in [6.07, 6.45) is 0. The SMILES string of the molecule is Cc1oc(CNc2cc(Cl)ccc2Cl)cc1C(=O)O. The van der Waals surface area contributed by atoms with Gasteiger partial charge in [0.1, 0.15) is 17.1 Å². The molecule has 0 fully saturated rings. The van der Waals surface area contributed by atoms with Crippen LogP contribution in [0.25, 0.3) is 0 Å². The zero-order chi connectivity index (χ0) is 14.0. The number of aryl methyl sites for hydroxylation is 1. The minimum atomic E-state index is -1.01. The van der Waals surface area contributed by atoms with Crippen LogP contribution in [0.1, 0.15) is 21.9 Å². The first-order valence-electron chi connectivity index (χ1n) is 5.49. The maximum atomic E-state index is 10.9. The van der Waals surface area contributed by atoms with Gasteiger partial charge in [0.15, 0.2) is 0 Å². The van der Waals surface area contributed by atoms with Gasteiger partial charge < -0.3 is 14.8 Å². The molecule has 1 aromatic heterocycles. The Morgan fingerprint density at radius 2 is 2.11 bits per heavy atom. The van der Waals surface area contributed by atoms with Crippen molar-refractivity contribution in [1.82, 2.24) is 0 Å². The highest BCUT2D eigenvalue weighted by Crippen LogP contribution is 2.26. The second kappa shape index (κ2) is 5.55. The number of carbonyl (C=O) groups is 1. The first-order chi connectivity index (χ1) is 8.97. The topological polar surface area (TPSA) is 62.5 Å². The van der Waals surface area contributed by atoms with Gasteiger partial charge in [0.25, 0.3) is 0 Å². The number of carboxylic acids is 1. The van der Waals surface area contributed by atoms with Crippen molar-refractivity contribution in [2.45, 2.75) is 13.5 Å². The molecule has 0 saturated carbocycles. The maximum absolute atomic E-state index is 10.9. The van der Waals surface area contributed by atoms with Gasteiger partial charge in [-0.05, 0) is 31.2 Å². The molecule has 2 rings (SSSR count). The van der Waals surface area contributed by atoms with E-state index in [-0.39, 0.29) is 5.56 Å². The number of halogens is 2. The molecule has 0 atom stereocenters. The molecule has 4 nitrogen and oxygen atoms in total. The van der Waals surface area contributed by atoms with Gasteiger partial charge in [0.05, 0.1) is 17.3 Å². The summed E-state index contributed by atoms with van der Waals surface area (Å²) >= 11 is 11.9. The van der Waals surface area contributed by atoms with Crippen LogP contribution in [0.3, 0.4) is 0 Å². The highest BCUT2D eigenvalue weighted by molar-refractivity contribution is 6.35. The average Bonchev–Trinajstić information content (AvgIpc) is 2.72. The van der Waals surface area contributed by atoms with Crippen LogP contribution in [-0.4, -0.2) is 11.1 Å². The summed E-state index contributed by atoms with van der Waals surface area (Å²) < 4.78 is 5.35. The summed E-state index contributed by atoms with van der Waals surface area (Å²) in [5, 5.41) is 13.1. The van der Waals surface area contributed by atoms with Crippen molar-refractivity contribution >= 4 is 34.9 Å². The van der Waals surface area contributed by atoms with Crippen molar-refractivity contribution in [3.05, 3.63) is 51.4 Å². The van der Waals surface area contributed by atoms with Crippen LogP contribution >= 0.6 is 23.2 Å². The number of hydrogen-bond donors (Lipinski definition) is 2. The lowest BCUT2D eigenvalue weighted by atomic mass is 10.2. The smallest absolute Gasteiger partial charge is 0.339 e. The second-order valence-electron chi connectivity index (χ2n) is 3.97. The summed E-state index contributed by atoms with van der Waals surface area (Å²) in [5.74, 6) is -0.110. The van der Waals surface area contributed by atoms with Crippen LogP contribution < -0.4 is 5.32 Å². The van der Waals surface area contributed by atoms with Crippen LogP contribution in [0, 0.1) is 6.92 Å². The minimum Gasteiger partial charge on any atom is -0.478 e. The van der Waals surface area contributed by atoms with Crippen molar-refractivity contribution in [2.75, 3.05) is 5.32 Å². The monoisotopic (exact) mass is 299 g/mol. The Balaban J connectivity index is 2.12. The van der Waals surface area contributed by atoms with Crippen molar-refractivity contribution in [3.8, 4) is 0 Å². The molecule has 0 aliphatic carbocycles. The van der Waals surface area contributed by atoms with E-state index in [2.05, 4.69) is 5.32 Å². The van der Waals surface area contributed by atoms with Crippen molar-refractivity contribution in [3.63, 3.8) is 0 Å². The zero-order valence-electron chi connectivity index (χ0n) is 10.0. The summed E-state index contributed by atoms with van der Waals surface area (Å²) in [6.45, 7) is 1.94. The fraction of sp³-hybridized carbons (Fsp3) is 0.154. The Morgan fingerprint density at radius 1 is 1.37 bits per heavy atom. The van der Waals surface area contributed by atoms with E-state index in [4.69, 9.17) is 32.7 Å². The molecule has 100 valence electrons. The largest absolute Gasteiger partial charge is 0.478 e. The fourth-order valence-corrected chi connectivity index (χ4v) is 2.01. The van der Waals surface area contributed by atoms with Gasteiger partial charge in [-0.2, -0.15) is 0 Å². The van der Waals surface area contributed by atoms with Gasteiger partial charge in [-0.3, -0.25) is 0 Å². The van der Waals surface area contributed by atoms with Crippen molar-refractivity contribution < 1.29 is 14.3 Å². The number of nitrogens with one attached hydrogen (secondary N) is 1. The van der Waals surface area contributed by atoms with Crippen LogP contribution in [0.2, 0.25) is 10.0 Å². The first kappa shape index (κ1) is 13.8. The molecule has 2 N–H and O–H groups in total. The molecular formula is C13H11Cl2NO3. The van der Waals surface area contributed by atoms with E-state index < -0.39 is 5.97 Å². The molecule has 0 radical (unpaired) electrons. The van der Waals surface area contributed by atoms with E-state index >= 15 is 0 Å². The van der Waals surface area contributed by atoms with E-state index in [1.807, 2.05) is 0 Å². The fourth-order valence-electron chi connectivity index (χ4n) is 1.66. The van der Waals surface area contributed by atoms with Crippen molar-refractivity contribution in [1.29, 1.82) is 0 Å². The standard InChI is InChI=1S/C13H11Cl2NO3/c1-7-10(13(17)18)5-9(19-7)6-16-12-4-8(14)2-3-11(12)15/h2-5,16H,6H2,1H3,(H,17,18). The minimum absolute atomic E-state index is 0.161. The molecule has 0 aliphatic heterocycles. The lowest BCUT2D eigenvalue weighted by molar-refractivity contribution is 0.0695. The quantitative estimate of drug-likeness (QED) is 0.888. The lowest BCUT2D eigenvalue weighted by Crippen LogP contribution is -1.99. The van der Waals surface area contributed by atoms with Gasteiger partial charge in [0, 0.05) is 5.02 Å². The molecule has 0 saturated heterocycles. The summed E-state index contributed by atoms with van der Waals surface area (Å²) in [7, 11) is 0. The molecule has 0 spiro atoms.